The molecule has 2 aromatic carbocycles. The highest BCUT2D eigenvalue weighted by atomic mass is 16.6. The first-order valence-electron chi connectivity index (χ1n) is 8.65. The predicted octanol–water partition coefficient (Wildman–Crippen LogP) is 3.87. The van der Waals surface area contributed by atoms with Gasteiger partial charge in [-0.15, -0.1) is 0 Å². The Morgan fingerprint density at radius 2 is 1.81 bits per heavy atom. The van der Waals surface area contributed by atoms with Crippen molar-refractivity contribution in [3.05, 3.63) is 60.2 Å². The van der Waals surface area contributed by atoms with Crippen LogP contribution in [0.15, 0.2) is 59.6 Å². The van der Waals surface area contributed by atoms with Gasteiger partial charge in [-0.05, 0) is 42.7 Å². The first-order chi connectivity index (χ1) is 12.7. The summed E-state index contributed by atoms with van der Waals surface area (Å²) in [6, 6.07) is 17.3. The summed E-state index contributed by atoms with van der Waals surface area (Å²) in [6.45, 7) is 1.63. The number of isocyanates is 1. The van der Waals surface area contributed by atoms with Crippen LogP contribution >= 0.6 is 0 Å². The Morgan fingerprint density at radius 1 is 1.12 bits per heavy atom. The van der Waals surface area contributed by atoms with E-state index in [-0.39, 0.29) is 6.09 Å². The number of piperidine rings is 1. The lowest BCUT2D eigenvalue weighted by molar-refractivity contribution is 0.0882. The molecule has 0 aliphatic carbocycles. The van der Waals surface area contributed by atoms with Crippen LogP contribution in [-0.2, 0) is 16.1 Å². The third-order valence-corrected chi connectivity index (χ3v) is 4.37. The van der Waals surface area contributed by atoms with Gasteiger partial charge in [0.05, 0.1) is 5.69 Å². The van der Waals surface area contributed by atoms with Crippen molar-refractivity contribution in [3.8, 4) is 0 Å². The molecule has 1 aliphatic heterocycles. The number of anilines is 1. The molecule has 6 nitrogen and oxygen atoms in total. The Hall–Kier alpha value is -3.11. The van der Waals surface area contributed by atoms with Gasteiger partial charge in [0.15, 0.2) is 0 Å². The number of hydrogen-bond donors (Lipinski definition) is 1. The number of nitrogens with one attached hydrogen (secondary N) is 1. The molecule has 0 saturated carbocycles. The fourth-order valence-corrected chi connectivity index (χ4v) is 2.94. The molecule has 0 atom stereocenters. The molecule has 0 radical (unpaired) electrons. The first kappa shape index (κ1) is 17.7. The van der Waals surface area contributed by atoms with Gasteiger partial charge in [0.2, 0.25) is 6.08 Å². The average molecular weight is 351 g/mol. The third kappa shape index (κ3) is 4.94. The topological polar surface area (TPSA) is 71.0 Å². The minimum atomic E-state index is -0.261. The van der Waals surface area contributed by atoms with Gasteiger partial charge in [0, 0.05) is 24.8 Å². The number of aliphatic imine (C=N–C) groups is 1. The lowest BCUT2D eigenvalue weighted by atomic mass is 10.0. The molecule has 1 fully saturated rings. The minimum absolute atomic E-state index is 0.261. The van der Waals surface area contributed by atoms with Gasteiger partial charge in [0.25, 0.3) is 0 Å². The van der Waals surface area contributed by atoms with Crippen molar-refractivity contribution >= 4 is 23.5 Å². The second-order valence-electron chi connectivity index (χ2n) is 6.20. The first-order valence-corrected chi connectivity index (χ1v) is 8.65. The minimum Gasteiger partial charge on any atom is -0.445 e. The zero-order valence-corrected chi connectivity index (χ0v) is 14.4. The van der Waals surface area contributed by atoms with Gasteiger partial charge in [-0.25, -0.2) is 9.59 Å². The van der Waals surface area contributed by atoms with Gasteiger partial charge in [-0.1, -0.05) is 30.3 Å². The van der Waals surface area contributed by atoms with Crippen LogP contribution in [0.3, 0.4) is 0 Å². The van der Waals surface area contributed by atoms with Crippen LogP contribution in [0.4, 0.5) is 16.2 Å². The van der Waals surface area contributed by atoms with Crippen molar-refractivity contribution in [2.24, 2.45) is 4.99 Å². The molecule has 2 aromatic rings. The van der Waals surface area contributed by atoms with Crippen molar-refractivity contribution in [3.63, 3.8) is 0 Å². The summed E-state index contributed by atoms with van der Waals surface area (Å²) in [4.78, 5) is 27.7. The molecule has 1 heterocycles. The second kappa shape index (κ2) is 8.83. The highest BCUT2D eigenvalue weighted by molar-refractivity contribution is 5.67. The van der Waals surface area contributed by atoms with Gasteiger partial charge in [0.1, 0.15) is 6.61 Å². The zero-order valence-electron chi connectivity index (χ0n) is 14.4. The molecular weight excluding hydrogens is 330 g/mol. The number of nitrogens with zero attached hydrogens (tertiary/aromatic N) is 2. The Bertz CT molecular complexity index is 763. The van der Waals surface area contributed by atoms with Crippen molar-refractivity contribution in [1.82, 2.24) is 4.90 Å². The fraction of sp³-hybridized carbons (Fsp3) is 0.300. The van der Waals surface area contributed by atoms with E-state index in [0.717, 1.165) is 24.1 Å². The monoisotopic (exact) mass is 351 g/mol. The Balaban J connectivity index is 1.43. The van der Waals surface area contributed by atoms with Gasteiger partial charge in [-0.3, -0.25) is 0 Å². The van der Waals surface area contributed by atoms with Crippen molar-refractivity contribution in [2.75, 3.05) is 18.4 Å². The summed E-state index contributed by atoms with van der Waals surface area (Å²) in [6.07, 6.45) is 2.98. The maximum absolute atomic E-state index is 12.2. The maximum Gasteiger partial charge on any atom is 0.410 e. The summed E-state index contributed by atoms with van der Waals surface area (Å²) >= 11 is 0. The van der Waals surface area contributed by atoms with Crippen LogP contribution in [0.5, 0.6) is 0 Å². The van der Waals surface area contributed by atoms with E-state index in [2.05, 4.69) is 10.3 Å². The Labute approximate surface area is 152 Å². The Kier molecular flexibility index (Phi) is 6.01. The average Bonchev–Trinajstić information content (AvgIpc) is 2.69. The molecule has 0 unspecified atom stereocenters. The van der Waals surface area contributed by atoms with Crippen molar-refractivity contribution in [1.29, 1.82) is 0 Å². The third-order valence-electron chi connectivity index (χ3n) is 4.37. The van der Waals surface area contributed by atoms with E-state index >= 15 is 0 Å². The van der Waals surface area contributed by atoms with E-state index in [1.165, 1.54) is 6.08 Å². The van der Waals surface area contributed by atoms with E-state index in [1.807, 2.05) is 42.5 Å². The van der Waals surface area contributed by atoms with Crippen molar-refractivity contribution in [2.45, 2.75) is 25.5 Å². The highest BCUT2D eigenvalue weighted by Gasteiger charge is 2.23. The summed E-state index contributed by atoms with van der Waals surface area (Å²) in [7, 11) is 0. The SMILES string of the molecule is O=C=Nc1ccc(NC2CCN(C(=O)OCc3ccccc3)CC2)cc1. The fourth-order valence-electron chi connectivity index (χ4n) is 2.94. The highest BCUT2D eigenvalue weighted by Crippen LogP contribution is 2.20. The van der Waals surface area contributed by atoms with Crippen LogP contribution in [0.2, 0.25) is 0 Å². The smallest absolute Gasteiger partial charge is 0.410 e. The predicted molar refractivity (Wildman–Crippen MR) is 99.1 cm³/mol. The molecule has 134 valence electrons. The molecule has 1 amide bonds. The number of ether oxygens (including phenoxy) is 1. The molecule has 1 saturated heterocycles. The summed E-state index contributed by atoms with van der Waals surface area (Å²) < 4.78 is 5.38. The molecule has 0 bridgehead atoms. The number of hydrogen-bond acceptors (Lipinski definition) is 5. The summed E-state index contributed by atoms with van der Waals surface area (Å²) in [5, 5.41) is 3.45. The molecule has 6 heteroatoms. The number of carbonyl (C=O) groups is 1. The van der Waals surface area contributed by atoms with Gasteiger partial charge >= 0.3 is 6.09 Å². The molecule has 1 aliphatic rings. The zero-order chi connectivity index (χ0) is 18.2. The number of benzene rings is 2. The molecule has 0 spiro atoms. The van der Waals surface area contributed by atoms with Crippen LogP contribution in [0.1, 0.15) is 18.4 Å². The number of likely N-dealkylation sites (tertiary alicyclic amines) is 1. The summed E-state index contributed by atoms with van der Waals surface area (Å²) in [5.74, 6) is 0. The number of carbonyl (C=O) groups excluding carboxylic acids is 2. The number of rotatable bonds is 5. The van der Waals surface area contributed by atoms with E-state index < -0.39 is 0 Å². The lowest BCUT2D eigenvalue weighted by Gasteiger charge is -2.32. The normalized spacial score (nSPS) is 14.4. The molecule has 26 heavy (non-hydrogen) atoms. The molecule has 1 N–H and O–H groups in total. The molecule has 0 aromatic heterocycles. The standard InChI is InChI=1S/C20H21N3O3/c24-15-21-17-6-8-18(9-7-17)22-19-10-12-23(13-11-19)20(25)26-14-16-4-2-1-3-5-16/h1-9,19,22H,10-14H2. The maximum atomic E-state index is 12.2. The van der Waals surface area contributed by atoms with Gasteiger partial charge in [-0.2, -0.15) is 4.99 Å². The van der Waals surface area contributed by atoms with Crippen LogP contribution in [-0.4, -0.2) is 36.2 Å². The van der Waals surface area contributed by atoms with E-state index in [4.69, 9.17) is 4.74 Å². The molecule has 3 rings (SSSR count). The lowest BCUT2D eigenvalue weighted by Crippen LogP contribution is -2.42. The number of amides is 1. The van der Waals surface area contributed by atoms with Crippen molar-refractivity contribution < 1.29 is 14.3 Å². The Morgan fingerprint density at radius 3 is 2.46 bits per heavy atom. The summed E-state index contributed by atoms with van der Waals surface area (Å²) in [5.41, 5.74) is 2.54. The van der Waals surface area contributed by atoms with Crippen LogP contribution in [0, 0.1) is 0 Å². The molecular formula is C20H21N3O3. The van der Waals surface area contributed by atoms with Gasteiger partial charge < -0.3 is 15.0 Å². The van der Waals surface area contributed by atoms with E-state index in [1.54, 1.807) is 17.0 Å². The van der Waals surface area contributed by atoms with Crippen LogP contribution < -0.4 is 5.32 Å². The van der Waals surface area contributed by atoms with E-state index in [9.17, 15) is 9.59 Å². The van der Waals surface area contributed by atoms with Crippen LogP contribution in [0.25, 0.3) is 0 Å². The second-order valence-corrected chi connectivity index (χ2v) is 6.20. The quantitative estimate of drug-likeness (QED) is 0.656. The largest absolute Gasteiger partial charge is 0.445 e. The van der Waals surface area contributed by atoms with E-state index in [0.29, 0.717) is 31.4 Å².